The molecule has 10 heteroatoms. The number of alkyl halides is 3. The second-order valence-corrected chi connectivity index (χ2v) is 8.66. The van der Waals surface area contributed by atoms with Crippen LogP contribution in [0.1, 0.15) is 19.3 Å². The lowest BCUT2D eigenvalue weighted by molar-refractivity contribution is -0.153. The van der Waals surface area contributed by atoms with Gasteiger partial charge in [-0.3, -0.25) is 4.79 Å². The number of benzene rings is 1. The summed E-state index contributed by atoms with van der Waals surface area (Å²) in [5.74, 6) is -1.29. The van der Waals surface area contributed by atoms with Crippen molar-refractivity contribution in [2.45, 2.75) is 30.3 Å². The van der Waals surface area contributed by atoms with E-state index in [1.54, 1.807) is 0 Å². The minimum Gasteiger partial charge on any atom is -0.484 e. The molecular weight excluding hydrogens is 375 g/mol. The van der Waals surface area contributed by atoms with Gasteiger partial charge in [0.2, 0.25) is 10.0 Å². The summed E-state index contributed by atoms with van der Waals surface area (Å²) < 4.78 is 67.7. The number of carboxylic acids is 1. The van der Waals surface area contributed by atoms with Crippen LogP contribution in [0.5, 0.6) is 5.75 Å². The van der Waals surface area contributed by atoms with E-state index in [1.165, 1.54) is 12.1 Å². The summed E-state index contributed by atoms with van der Waals surface area (Å²) in [6.07, 6.45) is -2.61. The smallest absolute Gasteiger partial charge is 0.422 e. The summed E-state index contributed by atoms with van der Waals surface area (Å²) in [5.41, 5.74) is -1.04. The van der Waals surface area contributed by atoms with Crippen LogP contribution in [0.15, 0.2) is 29.2 Å². The van der Waals surface area contributed by atoms with Crippen LogP contribution in [0, 0.1) is 11.3 Å². The van der Waals surface area contributed by atoms with Crippen molar-refractivity contribution in [1.82, 2.24) is 4.31 Å². The van der Waals surface area contributed by atoms with Crippen LogP contribution in [0.25, 0.3) is 0 Å². The first-order valence-electron chi connectivity index (χ1n) is 8.08. The number of rotatable bonds is 5. The summed E-state index contributed by atoms with van der Waals surface area (Å²) in [6, 6.07) is 4.65. The highest BCUT2D eigenvalue weighted by Crippen LogP contribution is 2.50. The number of carbonyl (C=O) groups is 1. The van der Waals surface area contributed by atoms with Gasteiger partial charge in [-0.15, -0.1) is 0 Å². The zero-order valence-corrected chi connectivity index (χ0v) is 14.5. The Bertz CT molecular complexity index is 793. The van der Waals surface area contributed by atoms with Gasteiger partial charge in [0.05, 0.1) is 10.3 Å². The zero-order chi connectivity index (χ0) is 19.2. The third-order valence-corrected chi connectivity index (χ3v) is 6.96. The molecule has 0 radical (unpaired) electrons. The van der Waals surface area contributed by atoms with E-state index in [1.807, 2.05) is 0 Å². The fraction of sp³-hybridized carbons (Fsp3) is 0.562. The average Bonchev–Trinajstić information content (AvgIpc) is 3.11. The van der Waals surface area contributed by atoms with Gasteiger partial charge in [0.25, 0.3) is 0 Å². The van der Waals surface area contributed by atoms with Gasteiger partial charge in [-0.1, -0.05) is 6.42 Å². The van der Waals surface area contributed by atoms with Gasteiger partial charge < -0.3 is 9.84 Å². The summed E-state index contributed by atoms with van der Waals surface area (Å²) >= 11 is 0. The standard InChI is InChI=1S/C16H18F3NO5S/c17-16(18,19)10-25-12-3-5-13(6-4-12)26(23,24)20-8-11-2-1-7-15(11,9-20)14(21)22/h3-6,11H,1-2,7-10H2,(H,21,22)/t11-,15+/m0/s1. The maximum absolute atomic E-state index is 12.8. The molecule has 0 bridgehead atoms. The van der Waals surface area contributed by atoms with Crippen LogP contribution in [-0.4, -0.2) is 49.7 Å². The Morgan fingerprint density at radius 3 is 2.50 bits per heavy atom. The Kier molecular flexibility index (Phi) is 4.68. The molecule has 0 spiro atoms. The molecule has 1 aliphatic heterocycles. The van der Waals surface area contributed by atoms with E-state index in [-0.39, 0.29) is 29.7 Å². The van der Waals surface area contributed by atoms with Crippen molar-refractivity contribution in [3.63, 3.8) is 0 Å². The van der Waals surface area contributed by atoms with E-state index < -0.39 is 34.2 Å². The number of hydrogen-bond donors (Lipinski definition) is 1. The van der Waals surface area contributed by atoms with Crippen molar-refractivity contribution in [3.05, 3.63) is 24.3 Å². The van der Waals surface area contributed by atoms with Gasteiger partial charge in [-0.25, -0.2) is 8.42 Å². The monoisotopic (exact) mass is 393 g/mol. The number of hydrogen-bond acceptors (Lipinski definition) is 4. The predicted octanol–water partition coefficient (Wildman–Crippen LogP) is 2.50. The van der Waals surface area contributed by atoms with Gasteiger partial charge in [-0.2, -0.15) is 17.5 Å². The lowest BCUT2D eigenvalue weighted by Crippen LogP contribution is -2.37. The van der Waals surface area contributed by atoms with E-state index in [9.17, 15) is 31.5 Å². The molecule has 1 heterocycles. The Balaban J connectivity index is 1.76. The lowest BCUT2D eigenvalue weighted by atomic mass is 9.81. The van der Waals surface area contributed by atoms with Gasteiger partial charge in [0.15, 0.2) is 6.61 Å². The van der Waals surface area contributed by atoms with Crippen LogP contribution in [0.2, 0.25) is 0 Å². The molecule has 1 N–H and O–H groups in total. The van der Waals surface area contributed by atoms with Crippen molar-refractivity contribution in [1.29, 1.82) is 0 Å². The van der Waals surface area contributed by atoms with Gasteiger partial charge in [0.1, 0.15) is 5.75 Å². The quantitative estimate of drug-likeness (QED) is 0.831. The highest BCUT2D eigenvalue weighted by Gasteiger charge is 2.57. The van der Waals surface area contributed by atoms with E-state index in [2.05, 4.69) is 4.74 Å². The largest absolute Gasteiger partial charge is 0.484 e. The Morgan fingerprint density at radius 1 is 1.31 bits per heavy atom. The van der Waals surface area contributed by atoms with Crippen molar-refractivity contribution >= 4 is 16.0 Å². The molecule has 144 valence electrons. The van der Waals surface area contributed by atoms with E-state index in [0.717, 1.165) is 22.9 Å². The molecule has 1 aromatic rings. The Hall–Kier alpha value is -1.81. The van der Waals surface area contributed by atoms with Crippen molar-refractivity contribution in [2.24, 2.45) is 11.3 Å². The summed E-state index contributed by atoms with van der Waals surface area (Å²) in [4.78, 5) is 11.6. The highest BCUT2D eigenvalue weighted by molar-refractivity contribution is 7.89. The molecule has 1 aliphatic carbocycles. The normalized spacial score (nSPS) is 26.7. The molecule has 2 aliphatic rings. The maximum atomic E-state index is 12.8. The average molecular weight is 393 g/mol. The fourth-order valence-electron chi connectivity index (χ4n) is 3.80. The third kappa shape index (κ3) is 3.39. The molecular formula is C16H18F3NO5S. The molecule has 26 heavy (non-hydrogen) atoms. The van der Waals surface area contributed by atoms with Crippen LogP contribution >= 0.6 is 0 Å². The maximum Gasteiger partial charge on any atom is 0.422 e. The third-order valence-electron chi connectivity index (χ3n) is 5.13. The number of sulfonamides is 1. The first kappa shape index (κ1) is 19.0. The van der Waals surface area contributed by atoms with Crippen LogP contribution in [-0.2, 0) is 14.8 Å². The first-order chi connectivity index (χ1) is 12.0. The highest BCUT2D eigenvalue weighted by atomic mass is 32.2. The van der Waals surface area contributed by atoms with Crippen LogP contribution in [0.4, 0.5) is 13.2 Å². The van der Waals surface area contributed by atoms with Gasteiger partial charge >= 0.3 is 12.1 Å². The Morgan fingerprint density at radius 2 is 1.96 bits per heavy atom. The van der Waals surface area contributed by atoms with Gasteiger partial charge in [-0.05, 0) is 43.0 Å². The van der Waals surface area contributed by atoms with Gasteiger partial charge in [0, 0.05) is 13.1 Å². The number of aliphatic carboxylic acids is 1. The molecule has 1 aromatic carbocycles. The summed E-state index contributed by atoms with van der Waals surface area (Å²) in [7, 11) is -3.92. The predicted molar refractivity (Wildman–Crippen MR) is 84.2 cm³/mol. The first-order valence-corrected chi connectivity index (χ1v) is 9.52. The van der Waals surface area contributed by atoms with E-state index >= 15 is 0 Å². The molecule has 1 saturated carbocycles. The molecule has 0 amide bonds. The lowest BCUT2D eigenvalue weighted by Gasteiger charge is -2.23. The molecule has 1 saturated heterocycles. The topological polar surface area (TPSA) is 83.9 Å². The molecule has 3 rings (SSSR count). The van der Waals surface area contributed by atoms with E-state index in [4.69, 9.17) is 0 Å². The second-order valence-electron chi connectivity index (χ2n) is 6.72. The van der Waals surface area contributed by atoms with Crippen molar-refractivity contribution in [3.8, 4) is 5.75 Å². The minimum atomic E-state index is -4.48. The number of carboxylic acid groups (broad SMARTS) is 1. The molecule has 2 fully saturated rings. The zero-order valence-electron chi connectivity index (χ0n) is 13.7. The number of ether oxygens (including phenoxy) is 1. The molecule has 0 unspecified atom stereocenters. The molecule has 2 atom stereocenters. The van der Waals surface area contributed by atoms with Crippen LogP contribution < -0.4 is 4.74 Å². The van der Waals surface area contributed by atoms with Crippen molar-refractivity contribution < 1.29 is 36.2 Å². The summed E-state index contributed by atoms with van der Waals surface area (Å²) in [6.45, 7) is -1.41. The fourth-order valence-corrected chi connectivity index (χ4v) is 5.35. The number of nitrogens with zero attached hydrogens (tertiary/aromatic N) is 1. The SMILES string of the molecule is O=C(O)[C@@]12CCC[C@H]1CN(S(=O)(=O)c1ccc(OCC(F)(F)F)cc1)C2. The summed E-state index contributed by atoms with van der Waals surface area (Å²) in [5, 5.41) is 9.56. The second kappa shape index (κ2) is 6.41. The molecule has 0 aromatic heterocycles. The van der Waals surface area contributed by atoms with Crippen LogP contribution in [0.3, 0.4) is 0 Å². The number of halogens is 3. The Labute approximate surface area is 148 Å². The minimum absolute atomic E-state index is 0.0817. The van der Waals surface area contributed by atoms with E-state index in [0.29, 0.717) is 12.8 Å². The van der Waals surface area contributed by atoms with Crippen molar-refractivity contribution in [2.75, 3.05) is 19.7 Å². The molecule has 6 nitrogen and oxygen atoms in total. The number of fused-ring (bicyclic) bond motifs is 1.